The third-order valence-electron chi connectivity index (χ3n) is 3.83. The van der Waals surface area contributed by atoms with Crippen molar-refractivity contribution in [2.24, 2.45) is 0 Å². The number of aliphatic hydroxyl groups excluding tert-OH is 1. The van der Waals surface area contributed by atoms with Crippen molar-refractivity contribution in [3.8, 4) is 11.4 Å². The second-order valence-corrected chi connectivity index (χ2v) is 5.71. The fourth-order valence-corrected chi connectivity index (χ4v) is 2.55. The highest BCUT2D eigenvalue weighted by atomic mass is 16.5. The summed E-state index contributed by atoms with van der Waals surface area (Å²) in [6, 6.07) is 7.89. The van der Waals surface area contributed by atoms with Crippen LogP contribution in [0.3, 0.4) is 0 Å². The van der Waals surface area contributed by atoms with Crippen molar-refractivity contribution in [3.63, 3.8) is 0 Å². The van der Waals surface area contributed by atoms with Crippen LogP contribution in [-0.2, 0) is 13.0 Å². The predicted molar refractivity (Wildman–Crippen MR) is 90.9 cm³/mol. The van der Waals surface area contributed by atoms with E-state index in [2.05, 4.69) is 24.2 Å². The molecule has 1 N–H and O–H groups in total. The molecular weight excluding hydrogens is 290 g/mol. The minimum atomic E-state index is -0.0751. The van der Waals surface area contributed by atoms with E-state index in [9.17, 15) is 5.11 Å². The van der Waals surface area contributed by atoms with Crippen LogP contribution in [0.15, 0.2) is 24.3 Å². The molecule has 0 atom stereocenters. The smallest absolute Gasteiger partial charge is 0.119 e. The van der Waals surface area contributed by atoms with Crippen LogP contribution in [0.5, 0.6) is 5.75 Å². The van der Waals surface area contributed by atoms with Gasteiger partial charge in [0.25, 0.3) is 0 Å². The zero-order valence-electron chi connectivity index (χ0n) is 14.2. The van der Waals surface area contributed by atoms with E-state index in [1.165, 1.54) is 19.3 Å². The van der Waals surface area contributed by atoms with Gasteiger partial charge in [-0.1, -0.05) is 44.7 Å². The first kappa shape index (κ1) is 17.5. The van der Waals surface area contributed by atoms with E-state index in [4.69, 9.17) is 4.74 Å². The molecule has 0 amide bonds. The Balaban J connectivity index is 2.00. The van der Waals surface area contributed by atoms with E-state index in [0.717, 1.165) is 43.0 Å². The van der Waals surface area contributed by atoms with Gasteiger partial charge in [-0.25, -0.2) is 4.68 Å². The Morgan fingerprint density at radius 3 is 2.48 bits per heavy atom. The van der Waals surface area contributed by atoms with Crippen molar-refractivity contribution in [2.45, 2.75) is 59.0 Å². The van der Waals surface area contributed by atoms with Crippen LogP contribution >= 0.6 is 0 Å². The molecule has 1 heterocycles. The van der Waals surface area contributed by atoms with Crippen molar-refractivity contribution in [2.75, 3.05) is 6.61 Å². The standard InChI is InChI=1S/C18H27N3O2/c1-3-5-6-7-13-23-16-11-9-15(10-12-16)21-18(8-4-2)17(14-22)19-20-21/h9-12,22H,3-8,13-14H2,1-2H3. The van der Waals surface area contributed by atoms with Crippen molar-refractivity contribution in [3.05, 3.63) is 35.7 Å². The topological polar surface area (TPSA) is 60.2 Å². The van der Waals surface area contributed by atoms with Crippen LogP contribution in [0.2, 0.25) is 0 Å². The van der Waals surface area contributed by atoms with E-state index >= 15 is 0 Å². The summed E-state index contributed by atoms with van der Waals surface area (Å²) in [5, 5.41) is 17.6. The Hall–Kier alpha value is -1.88. The normalized spacial score (nSPS) is 10.9. The van der Waals surface area contributed by atoms with Crippen LogP contribution < -0.4 is 4.74 Å². The molecule has 0 aliphatic rings. The summed E-state index contributed by atoms with van der Waals surface area (Å²) in [6.07, 6.45) is 6.65. The summed E-state index contributed by atoms with van der Waals surface area (Å²) >= 11 is 0. The Bertz CT molecular complexity index is 578. The number of rotatable bonds is 10. The molecule has 0 spiro atoms. The summed E-state index contributed by atoms with van der Waals surface area (Å²) < 4.78 is 7.57. The molecule has 1 aromatic carbocycles. The average molecular weight is 317 g/mol. The highest BCUT2D eigenvalue weighted by Gasteiger charge is 2.12. The number of hydrogen-bond donors (Lipinski definition) is 1. The molecule has 0 saturated carbocycles. The second kappa shape index (κ2) is 9.30. The van der Waals surface area contributed by atoms with Gasteiger partial charge in [-0.05, 0) is 37.1 Å². The molecule has 5 nitrogen and oxygen atoms in total. The van der Waals surface area contributed by atoms with E-state index in [1.807, 2.05) is 24.3 Å². The first-order valence-electron chi connectivity index (χ1n) is 8.57. The summed E-state index contributed by atoms with van der Waals surface area (Å²) in [5.41, 5.74) is 2.57. The molecule has 2 aromatic rings. The van der Waals surface area contributed by atoms with Crippen LogP contribution in [0.25, 0.3) is 5.69 Å². The lowest BCUT2D eigenvalue weighted by Gasteiger charge is -2.09. The van der Waals surface area contributed by atoms with Gasteiger partial charge in [0.2, 0.25) is 0 Å². The molecule has 1 aromatic heterocycles. The summed E-state index contributed by atoms with van der Waals surface area (Å²) in [5.74, 6) is 0.879. The Morgan fingerprint density at radius 2 is 1.83 bits per heavy atom. The maximum atomic E-state index is 9.37. The van der Waals surface area contributed by atoms with Crippen LogP contribution in [-0.4, -0.2) is 26.7 Å². The summed E-state index contributed by atoms with van der Waals surface area (Å²) in [6.45, 7) is 5.00. The molecule has 0 radical (unpaired) electrons. The minimum absolute atomic E-state index is 0.0751. The Morgan fingerprint density at radius 1 is 1.04 bits per heavy atom. The van der Waals surface area contributed by atoms with E-state index < -0.39 is 0 Å². The zero-order valence-corrected chi connectivity index (χ0v) is 14.2. The van der Waals surface area contributed by atoms with Crippen LogP contribution in [0.4, 0.5) is 0 Å². The van der Waals surface area contributed by atoms with Gasteiger partial charge in [0.05, 0.1) is 24.6 Å². The predicted octanol–water partition coefficient (Wildman–Crippen LogP) is 3.67. The second-order valence-electron chi connectivity index (χ2n) is 5.71. The van der Waals surface area contributed by atoms with Crippen molar-refractivity contribution in [1.82, 2.24) is 15.0 Å². The number of aliphatic hydroxyl groups is 1. The molecule has 0 bridgehead atoms. The van der Waals surface area contributed by atoms with Crippen LogP contribution in [0, 0.1) is 0 Å². The lowest BCUT2D eigenvalue weighted by Crippen LogP contribution is -2.04. The fourth-order valence-electron chi connectivity index (χ4n) is 2.55. The third-order valence-corrected chi connectivity index (χ3v) is 3.83. The molecule has 0 unspecified atom stereocenters. The van der Waals surface area contributed by atoms with Crippen molar-refractivity contribution < 1.29 is 9.84 Å². The molecule has 23 heavy (non-hydrogen) atoms. The maximum absolute atomic E-state index is 9.37. The Kier molecular flexibility index (Phi) is 7.07. The van der Waals surface area contributed by atoms with E-state index in [-0.39, 0.29) is 6.61 Å². The summed E-state index contributed by atoms with van der Waals surface area (Å²) in [4.78, 5) is 0. The fraction of sp³-hybridized carbons (Fsp3) is 0.556. The molecular formula is C18H27N3O2. The van der Waals surface area contributed by atoms with Gasteiger partial charge >= 0.3 is 0 Å². The van der Waals surface area contributed by atoms with Gasteiger partial charge in [0.1, 0.15) is 11.4 Å². The molecule has 5 heteroatoms. The molecule has 0 saturated heterocycles. The number of unbranched alkanes of at least 4 members (excludes halogenated alkanes) is 3. The van der Waals surface area contributed by atoms with Crippen molar-refractivity contribution >= 4 is 0 Å². The number of ether oxygens (including phenoxy) is 1. The number of benzene rings is 1. The monoisotopic (exact) mass is 317 g/mol. The first-order chi connectivity index (χ1) is 11.3. The Labute approximate surface area is 138 Å². The molecule has 0 aliphatic carbocycles. The van der Waals surface area contributed by atoms with E-state index in [0.29, 0.717) is 5.69 Å². The number of aromatic nitrogens is 3. The quantitative estimate of drug-likeness (QED) is 0.679. The molecule has 2 rings (SSSR count). The average Bonchev–Trinajstić information content (AvgIpc) is 2.98. The van der Waals surface area contributed by atoms with Gasteiger partial charge < -0.3 is 9.84 Å². The first-order valence-corrected chi connectivity index (χ1v) is 8.57. The lowest BCUT2D eigenvalue weighted by atomic mass is 10.2. The van der Waals surface area contributed by atoms with Crippen LogP contribution in [0.1, 0.15) is 57.3 Å². The molecule has 0 aliphatic heterocycles. The minimum Gasteiger partial charge on any atom is -0.494 e. The SMILES string of the molecule is CCCCCCOc1ccc(-n2nnc(CO)c2CCC)cc1. The van der Waals surface area contributed by atoms with Gasteiger partial charge in [-0.15, -0.1) is 5.10 Å². The zero-order chi connectivity index (χ0) is 16.5. The van der Waals surface area contributed by atoms with Gasteiger partial charge in [0, 0.05) is 0 Å². The van der Waals surface area contributed by atoms with Gasteiger partial charge in [0.15, 0.2) is 0 Å². The van der Waals surface area contributed by atoms with Gasteiger partial charge in [-0.3, -0.25) is 0 Å². The van der Waals surface area contributed by atoms with Gasteiger partial charge in [-0.2, -0.15) is 0 Å². The number of nitrogens with zero attached hydrogens (tertiary/aromatic N) is 3. The lowest BCUT2D eigenvalue weighted by molar-refractivity contribution is 0.275. The number of hydrogen-bond acceptors (Lipinski definition) is 4. The van der Waals surface area contributed by atoms with Crippen molar-refractivity contribution in [1.29, 1.82) is 0 Å². The maximum Gasteiger partial charge on any atom is 0.119 e. The molecule has 126 valence electrons. The van der Waals surface area contributed by atoms with E-state index in [1.54, 1.807) is 4.68 Å². The largest absolute Gasteiger partial charge is 0.494 e. The third kappa shape index (κ3) is 4.79. The molecule has 0 fully saturated rings. The highest BCUT2D eigenvalue weighted by molar-refractivity contribution is 5.38. The highest BCUT2D eigenvalue weighted by Crippen LogP contribution is 2.19. The summed E-state index contributed by atoms with van der Waals surface area (Å²) in [7, 11) is 0.